The van der Waals surface area contributed by atoms with Crippen LogP contribution in [0.1, 0.15) is 56.3 Å². The van der Waals surface area contributed by atoms with E-state index in [1.807, 2.05) is 0 Å². The number of ether oxygens (including phenoxy) is 2. The van der Waals surface area contributed by atoms with E-state index < -0.39 is 29.9 Å². The monoisotopic (exact) mass is 341 g/mol. The molecule has 0 spiro atoms. The molecule has 1 aliphatic rings. The fraction of sp³-hybridized carbons (Fsp3) is 0.688. The summed E-state index contributed by atoms with van der Waals surface area (Å²) in [4.78, 5) is 25.6. The fourth-order valence-corrected chi connectivity index (χ4v) is 2.64. The summed E-state index contributed by atoms with van der Waals surface area (Å²) >= 11 is 0. The van der Waals surface area contributed by atoms with E-state index >= 15 is 0 Å². The van der Waals surface area contributed by atoms with Gasteiger partial charge in [0, 0.05) is 13.5 Å². The van der Waals surface area contributed by atoms with Crippen LogP contribution in [0.15, 0.2) is 6.07 Å². The topological polar surface area (TPSA) is 73.7 Å². The Morgan fingerprint density at radius 3 is 2.67 bits per heavy atom. The Bertz CT molecular complexity index is 623. The molecule has 1 fully saturated rings. The van der Waals surface area contributed by atoms with Gasteiger partial charge in [-0.3, -0.25) is 9.58 Å². The molecule has 0 unspecified atom stereocenters. The summed E-state index contributed by atoms with van der Waals surface area (Å²) in [7, 11) is 1.61. The van der Waals surface area contributed by atoms with Crippen molar-refractivity contribution in [2.75, 3.05) is 13.2 Å². The van der Waals surface area contributed by atoms with E-state index in [1.54, 1.807) is 34.7 Å². The third-order valence-electron chi connectivity index (χ3n) is 3.60. The van der Waals surface area contributed by atoms with Gasteiger partial charge in [0.05, 0.1) is 24.9 Å². The SMILES string of the molecule is CCOC(=O)c1cc([C@@H]2C[C@H](F)CN2C(=O)OC(C)(C)C)nn1C. The number of rotatable bonds is 3. The summed E-state index contributed by atoms with van der Waals surface area (Å²) in [6.07, 6.45) is -1.62. The van der Waals surface area contributed by atoms with Gasteiger partial charge in [0.1, 0.15) is 17.5 Å². The molecule has 0 saturated carbocycles. The fourth-order valence-electron chi connectivity index (χ4n) is 2.64. The molecule has 1 aliphatic heterocycles. The lowest BCUT2D eigenvalue weighted by Gasteiger charge is -2.27. The number of nitrogens with zero attached hydrogens (tertiary/aromatic N) is 3. The van der Waals surface area contributed by atoms with Crippen LogP contribution in [-0.4, -0.2) is 51.7 Å². The Morgan fingerprint density at radius 1 is 1.42 bits per heavy atom. The van der Waals surface area contributed by atoms with Gasteiger partial charge in [-0.2, -0.15) is 5.10 Å². The number of likely N-dealkylation sites (tertiary alicyclic amines) is 1. The van der Waals surface area contributed by atoms with E-state index in [1.165, 1.54) is 15.6 Å². The number of halogens is 1. The molecule has 134 valence electrons. The average Bonchev–Trinajstić information content (AvgIpc) is 3.00. The van der Waals surface area contributed by atoms with Crippen molar-refractivity contribution in [1.29, 1.82) is 0 Å². The molecule has 1 amide bonds. The maximum Gasteiger partial charge on any atom is 0.410 e. The molecular formula is C16H24FN3O4. The first-order valence-electron chi connectivity index (χ1n) is 7.97. The molecule has 7 nitrogen and oxygen atoms in total. The Labute approximate surface area is 140 Å². The number of carbonyl (C=O) groups is 2. The van der Waals surface area contributed by atoms with Crippen LogP contribution in [-0.2, 0) is 16.5 Å². The number of aryl methyl sites for hydroxylation is 1. The first-order valence-corrected chi connectivity index (χ1v) is 7.97. The smallest absolute Gasteiger partial charge is 0.410 e. The third-order valence-corrected chi connectivity index (χ3v) is 3.60. The van der Waals surface area contributed by atoms with Crippen LogP contribution in [0.3, 0.4) is 0 Å². The van der Waals surface area contributed by atoms with Crippen molar-refractivity contribution in [2.45, 2.75) is 51.9 Å². The van der Waals surface area contributed by atoms with Gasteiger partial charge in [-0.1, -0.05) is 0 Å². The second-order valence-corrected chi connectivity index (χ2v) is 6.78. The minimum absolute atomic E-state index is 0.0507. The summed E-state index contributed by atoms with van der Waals surface area (Å²) in [5, 5.41) is 4.26. The van der Waals surface area contributed by atoms with E-state index in [-0.39, 0.29) is 25.3 Å². The first-order chi connectivity index (χ1) is 11.1. The van der Waals surface area contributed by atoms with Crippen molar-refractivity contribution in [1.82, 2.24) is 14.7 Å². The minimum atomic E-state index is -1.16. The minimum Gasteiger partial charge on any atom is -0.461 e. The quantitative estimate of drug-likeness (QED) is 0.790. The van der Waals surface area contributed by atoms with Crippen LogP contribution in [0, 0.1) is 0 Å². The van der Waals surface area contributed by atoms with Gasteiger partial charge in [0.2, 0.25) is 0 Å². The zero-order valence-corrected chi connectivity index (χ0v) is 14.7. The Kier molecular flexibility index (Phi) is 5.15. The lowest BCUT2D eigenvalue weighted by atomic mass is 10.1. The standard InChI is InChI=1S/C16H24FN3O4/c1-6-23-14(21)13-8-11(18-19(13)5)12-7-10(17)9-20(12)15(22)24-16(2,3)4/h8,10,12H,6-7,9H2,1-5H3/t10-,12-/m0/s1. The Morgan fingerprint density at radius 2 is 2.08 bits per heavy atom. The summed E-state index contributed by atoms with van der Waals surface area (Å²) in [5.74, 6) is -0.502. The van der Waals surface area contributed by atoms with E-state index in [2.05, 4.69) is 5.10 Å². The zero-order valence-electron chi connectivity index (χ0n) is 14.7. The number of hydrogen-bond donors (Lipinski definition) is 0. The van der Waals surface area contributed by atoms with Crippen molar-refractivity contribution in [3.63, 3.8) is 0 Å². The predicted octanol–water partition coefficient (Wildman–Crippen LogP) is 2.62. The maximum absolute atomic E-state index is 13.9. The van der Waals surface area contributed by atoms with Crippen molar-refractivity contribution in [2.24, 2.45) is 7.05 Å². The van der Waals surface area contributed by atoms with Gasteiger partial charge in [0.15, 0.2) is 0 Å². The largest absolute Gasteiger partial charge is 0.461 e. The number of alkyl halides is 1. The molecule has 1 aromatic rings. The molecule has 0 aliphatic carbocycles. The number of esters is 1. The van der Waals surface area contributed by atoms with Gasteiger partial charge < -0.3 is 9.47 Å². The summed E-state index contributed by atoms with van der Waals surface area (Å²) in [5.41, 5.74) is 0.0424. The van der Waals surface area contributed by atoms with E-state index in [9.17, 15) is 14.0 Å². The van der Waals surface area contributed by atoms with Crippen LogP contribution in [0.25, 0.3) is 0 Å². The van der Waals surface area contributed by atoms with Crippen LogP contribution in [0.4, 0.5) is 9.18 Å². The molecular weight excluding hydrogens is 317 g/mol. The molecule has 8 heteroatoms. The van der Waals surface area contributed by atoms with Crippen LogP contribution in [0.5, 0.6) is 0 Å². The molecule has 2 atom stereocenters. The summed E-state index contributed by atoms with van der Waals surface area (Å²) < 4.78 is 25.6. The van der Waals surface area contributed by atoms with Gasteiger partial charge in [0.25, 0.3) is 0 Å². The third kappa shape index (κ3) is 4.04. The van der Waals surface area contributed by atoms with Crippen molar-refractivity contribution >= 4 is 12.1 Å². The highest BCUT2D eigenvalue weighted by atomic mass is 19.1. The normalized spacial score (nSPS) is 21.0. The Balaban J connectivity index is 2.24. The lowest BCUT2D eigenvalue weighted by Crippen LogP contribution is -2.37. The summed E-state index contributed by atoms with van der Waals surface area (Å²) in [6, 6.07) is 0.974. The van der Waals surface area contributed by atoms with Gasteiger partial charge in [-0.05, 0) is 33.8 Å². The van der Waals surface area contributed by atoms with Crippen LogP contribution < -0.4 is 0 Å². The van der Waals surface area contributed by atoms with E-state index in [0.29, 0.717) is 5.69 Å². The maximum atomic E-state index is 13.9. The van der Waals surface area contributed by atoms with Crippen molar-refractivity contribution in [3.05, 3.63) is 17.5 Å². The average molecular weight is 341 g/mol. The van der Waals surface area contributed by atoms with Crippen molar-refractivity contribution < 1.29 is 23.5 Å². The van der Waals surface area contributed by atoms with Gasteiger partial charge >= 0.3 is 12.1 Å². The second kappa shape index (κ2) is 6.78. The molecule has 2 rings (SSSR count). The number of aromatic nitrogens is 2. The van der Waals surface area contributed by atoms with Crippen LogP contribution in [0.2, 0.25) is 0 Å². The summed E-state index contributed by atoms with van der Waals surface area (Å²) in [6.45, 7) is 7.17. The molecule has 24 heavy (non-hydrogen) atoms. The predicted molar refractivity (Wildman–Crippen MR) is 84.4 cm³/mol. The molecule has 0 bridgehead atoms. The zero-order chi connectivity index (χ0) is 18.1. The second-order valence-electron chi connectivity index (χ2n) is 6.78. The van der Waals surface area contributed by atoms with E-state index in [4.69, 9.17) is 9.47 Å². The number of hydrogen-bond acceptors (Lipinski definition) is 5. The number of carbonyl (C=O) groups excluding carboxylic acids is 2. The molecule has 1 aromatic heterocycles. The molecule has 0 N–H and O–H groups in total. The Hall–Kier alpha value is -2.12. The molecule has 1 saturated heterocycles. The highest BCUT2D eigenvalue weighted by Crippen LogP contribution is 2.34. The molecule has 2 heterocycles. The lowest BCUT2D eigenvalue weighted by molar-refractivity contribution is 0.0213. The molecule has 0 aromatic carbocycles. The van der Waals surface area contributed by atoms with Gasteiger partial charge in [-0.15, -0.1) is 0 Å². The van der Waals surface area contributed by atoms with Crippen LogP contribution >= 0.6 is 0 Å². The first kappa shape index (κ1) is 18.2. The van der Waals surface area contributed by atoms with E-state index in [0.717, 1.165) is 0 Å². The van der Waals surface area contributed by atoms with Gasteiger partial charge in [-0.25, -0.2) is 14.0 Å². The molecule has 0 radical (unpaired) electrons. The number of amides is 1. The van der Waals surface area contributed by atoms with Crippen molar-refractivity contribution in [3.8, 4) is 0 Å². The highest BCUT2D eigenvalue weighted by molar-refractivity contribution is 5.87. The highest BCUT2D eigenvalue weighted by Gasteiger charge is 2.40.